The second kappa shape index (κ2) is 15.5. The van der Waals surface area contributed by atoms with E-state index in [1.165, 1.54) is 6.07 Å². The number of ether oxygens (including phenoxy) is 2. The maximum Gasteiger partial charge on any atom is 0.187 e. The van der Waals surface area contributed by atoms with Gasteiger partial charge in [0.15, 0.2) is 17.7 Å². The number of nitrogens with one attached hydrogen (secondary N) is 1. The number of rotatable bonds is 9. The minimum atomic E-state index is -1.06. The average molecular weight is 747 g/mol. The number of allylic oxidation sites excluding steroid dienone is 1. The fraction of sp³-hybridized carbons (Fsp3) is 0.500. The van der Waals surface area contributed by atoms with Gasteiger partial charge in [0.1, 0.15) is 23.7 Å². The van der Waals surface area contributed by atoms with E-state index in [-0.39, 0.29) is 49.1 Å². The maximum absolute atomic E-state index is 12.9. The van der Waals surface area contributed by atoms with E-state index in [0.29, 0.717) is 30.7 Å². The third-order valence-corrected chi connectivity index (χ3v) is 12.2. The van der Waals surface area contributed by atoms with E-state index >= 15 is 0 Å². The third kappa shape index (κ3) is 7.40. The molecule has 6 atom stereocenters. The van der Waals surface area contributed by atoms with Crippen molar-refractivity contribution in [3.05, 3.63) is 75.1 Å². The standard InChI is InChI=1S/C44H50N4O7/c1-2-5-28(49)20-30(51)21-29(50)7-6-26-19-41-40(22-39(26)53)54-17-15-44(13-3-4-14-44)36-10-11-38(52)32-8-9-33-31(12-16-46-42(33)45)34(32)18-27-23-47-37-25-48(24-35(27)37)43(36)55-41/h8-9,19,22-23,25,28,30,36,38,42-43,46,49,51-53H,2-7,12-14,16,18,20-21,24,45H2,1H3/t28-,30+,36-,38-,42+,43?/m0/s1. The molecule has 2 aromatic rings. The molecule has 11 nitrogen and oxygen atoms in total. The summed E-state index contributed by atoms with van der Waals surface area (Å²) in [5.74, 6) is 10.2. The number of aliphatic imine (C=N–C) groups is 1. The molecule has 288 valence electrons. The van der Waals surface area contributed by atoms with Crippen molar-refractivity contribution in [1.29, 1.82) is 0 Å². The van der Waals surface area contributed by atoms with Gasteiger partial charge < -0.3 is 40.5 Å². The van der Waals surface area contributed by atoms with Crippen molar-refractivity contribution in [3.8, 4) is 41.1 Å². The summed E-state index contributed by atoms with van der Waals surface area (Å²) < 4.78 is 13.0. The van der Waals surface area contributed by atoms with E-state index in [1.807, 2.05) is 31.5 Å². The molecule has 8 rings (SSSR count). The molecule has 2 bridgehead atoms. The van der Waals surface area contributed by atoms with E-state index in [0.717, 1.165) is 84.2 Å². The van der Waals surface area contributed by atoms with Gasteiger partial charge in [-0.1, -0.05) is 56.1 Å². The molecule has 2 aromatic carbocycles. The van der Waals surface area contributed by atoms with Crippen LogP contribution in [0.4, 0.5) is 0 Å². The summed E-state index contributed by atoms with van der Waals surface area (Å²) in [5, 5.41) is 46.8. The van der Waals surface area contributed by atoms with Gasteiger partial charge in [0.25, 0.3) is 0 Å². The van der Waals surface area contributed by atoms with Crippen LogP contribution in [0.3, 0.4) is 0 Å². The highest BCUT2D eigenvalue weighted by atomic mass is 16.5. The number of ketones is 1. The predicted octanol–water partition coefficient (Wildman–Crippen LogP) is 4.36. The summed E-state index contributed by atoms with van der Waals surface area (Å²) in [5.41, 5.74) is 13.5. The predicted molar refractivity (Wildman–Crippen MR) is 207 cm³/mol. The summed E-state index contributed by atoms with van der Waals surface area (Å²) in [4.78, 5) is 19.9. The lowest BCUT2D eigenvalue weighted by Crippen LogP contribution is -2.47. The van der Waals surface area contributed by atoms with Crippen LogP contribution in [-0.2, 0) is 24.1 Å². The average Bonchev–Trinajstić information content (AvgIpc) is 3.90. The number of carbonyl (C=O) groups is 1. The van der Waals surface area contributed by atoms with Gasteiger partial charge in [-0.15, -0.1) is 0 Å². The Bertz CT molecular complexity index is 2080. The monoisotopic (exact) mass is 746 g/mol. The van der Waals surface area contributed by atoms with E-state index in [9.17, 15) is 25.2 Å². The van der Waals surface area contributed by atoms with E-state index in [4.69, 9.17) is 20.2 Å². The Hall–Kier alpha value is -4.62. The second-order valence-electron chi connectivity index (χ2n) is 15.9. The number of Topliss-reactive ketones (excluding diaryl/α,β-unsaturated/α-hetero) is 1. The number of benzene rings is 2. The maximum atomic E-state index is 12.9. The number of aliphatic hydroxyl groups excluding tert-OH is 3. The SMILES string of the molecule is CCC[C@H](O)C[C@@H](O)CC(=O)CCc1cc2c(cc1O)OC#CC1(CCCC1)[C@H]1C#C[C@H](O)c3ccc4c(c3CC3=C5CN(C=C5N=C3)C1O2)CCN[C@H]4N. The van der Waals surface area contributed by atoms with Crippen molar-refractivity contribution in [3.63, 3.8) is 0 Å². The normalized spacial score (nSPS) is 25.3. The molecule has 11 heteroatoms. The molecular weight excluding hydrogens is 697 g/mol. The van der Waals surface area contributed by atoms with E-state index in [1.54, 1.807) is 6.07 Å². The first kappa shape index (κ1) is 37.3. The first-order valence-corrected chi connectivity index (χ1v) is 19.8. The molecule has 6 aliphatic rings. The molecule has 1 aliphatic carbocycles. The van der Waals surface area contributed by atoms with Gasteiger partial charge in [-0.05, 0) is 78.0 Å². The Morgan fingerprint density at radius 2 is 1.95 bits per heavy atom. The molecule has 55 heavy (non-hydrogen) atoms. The van der Waals surface area contributed by atoms with Crippen LogP contribution in [0.2, 0.25) is 0 Å². The third-order valence-electron chi connectivity index (χ3n) is 12.2. The van der Waals surface area contributed by atoms with Crippen molar-refractivity contribution in [2.45, 2.75) is 115 Å². The first-order chi connectivity index (χ1) is 26.6. The number of aliphatic hydroxyl groups is 3. The van der Waals surface area contributed by atoms with Gasteiger partial charge in [-0.3, -0.25) is 15.1 Å². The van der Waals surface area contributed by atoms with Crippen LogP contribution in [0.1, 0.15) is 105 Å². The van der Waals surface area contributed by atoms with Crippen LogP contribution in [0, 0.1) is 35.2 Å². The van der Waals surface area contributed by atoms with Gasteiger partial charge in [0.2, 0.25) is 0 Å². The Morgan fingerprint density at radius 3 is 2.76 bits per heavy atom. The number of aromatic hydroxyl groups is 1. The number of hydrogen-bond acceptors (Lipinski definition) is 11. The van der Waals surface area contributed by atoms with Crippen LogP contribution in [0.15, 0.2) is 52.3 Å². The summed E-state index contributed by atoms with van der Waals surface area (Å²) in [6.07, 6.45) is 9.96. The Balaban J connectivity index is 1.16. The lowest BCUT2D eigenvalue weighted by atomic mass is 9.73. The van der Waals surface area contributed by atoms with Crippen molar-refractivity contribution < 1.29 is 34.7 Å². The van der Waals surface area contributed by atoms with Gasteiger partial charge in [0, 0.05) is 56.4 Å². The minimum absolute atomic E-state index is 0.0524. The highest BCUT2D eigenvalue weighted by Crippen LogP contribution is 2.49. The zero-order valence-electron chi connectivity index (χ0n) is 31.3. The van der Waals surface area contributed by atoms with Gasteiger partial charge in [-0.2, -0.15) is 0 Å². The molecule has 5 aliphatic heterocycles. The van der Waals surface area contributed by atoms with Crippen LogP contribution in [0.5, 0.6) is 17.2 Å². The molecule has 0 aromatic heterocycles. The number of phenols is 1. The van der Waals surface area contributed by atoms with Crippen LogP contribution < -0.4 is 20.5 Å². The molecule has 0 amide bonds. The molecular formula is C44H50N4O7. The summed E-state index contributed by atoms with van der Waals surface area (Å²) in [6, 6.07) is 7.15. The number of hydrogen-bond donors (Lipinski definition) is 6. The van der Waals surface area contributed by atoms with Crippen LogP contribution in [0.25, 0.3) is 0 Å². The molecule has 1 saturated carbocycles. The fourth-order valence-electron chi connectivity index (χ4n) is 9.24. The highest BCUT2D eigenvalue weighted by molar-refractivity contribution is 5.88. The highest BCUT2D eigenvalue weighted by Gasteiger charge is 2.48. The van der Waals surface area contributed by atoms with Crippen molar-refractivity contribution in [1.82, 2.24) is 10.2 Å². The number of fused-ring (bicyclic) bond motifs is 8. The zero-order valence-corrected chi connectivity index (χ0v) is 31.3. The quantitative estimate of drug-likeness (QED) is 0.203. The molecule has 1 fully saturated rings. The molecule has 5 heterocycles. The first-order valence-electron chi connectivity index (χ1n) is 19.8. The second-order valence-corrected chi connectivity index (χ2v) is 15.9. The smallest absolute Gasteiger partial charge is 0.187 e. The zero-order chi connectivity index (χ0) is 38.3. The number of nitrogens with zero attached hydrogens (tertiary/aromatic N) is 2. The van der Waals surface area contributed by atoms with Crippen molar-refractivity contribution >= 4 is 12.0 Å². The van der Waals surface area contributed by atoms with Crippen LogP contribution in [-0.4, -0.2) is 68.8 Å². The number of nitrogens with two attached hydrogens (primary N) is 1. The summed E-state index contributed by atoms with van der Waals surface area (Å²) in [7, 11) is 0. The van der Waals surface area contributed by atoms with E-state index in [2.05, 4.69) is 34.1 Å². The summed E-state index contributed by atoms with van der Waals surface area (Å²) in [6.45, 7) is 3.25. The van der Waals surface area contributed by atoms with Crippen molar-refractivity contribution in [2.75, 3.05) is 13.1 Å². The lowest BCUT2D eigenvalue weighted by molar-refractivity contribution is -0.121. The van der Waals surface area contributed by atoms with E-state index < -0.39 is 35.9 Å². The number of carbonyl (C=O) groups excluding carboxylic acids is 1. The topological polar surface area (TPSA) is 170 Å². The summed E-state index contributed by atoms with van der Waals surface area (Å²) >= 11 is 0. The van der Waals surface area contributed by atoms with Gasteiger partial charge in [0.05, 0.1) is 35.4 Å². The Labute approximate surface area is 322 Å². The number of aryl methyl sites for hydroxylation is 1. The van der Waals surface area contributed by atoms with Gasteiger partial charge >= 0.3 is 0 Å². The minimum Gasteiger partial charge on any atom is -0.508 e. The largest absolute Gasteiger partial charge is 0.508 e. The Kier molecular flexibility index (Phi) is 10.5. The number of phenolic OH excluding ortho intramolecular Hbond substituents is 1. The van der Waals surface area contributed by atoms with Gasteiger partial charge in [-0.25, -0.2) is 0 Å². The molecule has 1 spiro atoms. The van der Waals surface area contributed by atoms with Crippen molar-refractivity contribution in [2.24, 2.45) is 22.1 Å². The fourth-order valence-corrected chi connectivity index (χ4v) is 9.24. The Morgan fingerprint density at radius 1 is 1.13 bits per heavy atom. The lowest BCUT2D eigenvalue weighted by Gasteiger charge is -2.39. The molecule has 0 saturated heterocycles. The van der Waals surface area contributed by atoms with Crippen LogP contribution >= 0.6 is 0 Å². The molecule has 0 radical (unpaired) electrons. The molecule has 7 N–H and O–H groups in total. The molecule has 1 unspecified atom stereocenters.